The van der Waals surface area contributed by atoms with Crippen LogP contribution in [0.5, 0.6) is 0 Å². The molecule has 0 aliphatic carbocycles. The first-order valence-electron chi connectivity index (χ1n) is 0.408. The van der Waals surface area contributed by atoms with Gasteiger partial charge in [-0.25, -0.2) is 0 Å². The zero-order valence-electron chi connectivity index (χ0n) is 3.27. The van der Waals surface area contributed by atoms with Gasteiger partial charge < -0.3 is 6.58 Å². The maximum atomic E-state index is 4.25. The molecule has 0 unspecified atom stereocenters. The van der Waals surface area contributed by atoms with E-state index in [2.05, 4.69) is 13.2 Å². The summed E-state index contributed by atoms with van der Waals surface area (Å²) in [4.78, 5) is 0. The molecule has 0 nitrogen and oxygen atoms in total. The summed E-state index contributed by atoms with van der Waals surface area (Å²) in [5.74, 6) is 0. The van der Waals surface area contributed by atoms with Gasteiger partial charge in [-0.05, 0) is 0 Å². The van der Waals surface area contributed by atoms with Gasteiger partial charge in [-0.15, -0.1) is 0 Å². The van der Waals surface area contributed by atoms with Crippen LogP contribution in [0.3, 0.4) is 0 Å². The quantitative estimate of drug-likeness (QED) is 0.336. The van der Waals surface area contributed by atoms with Crippen molar-refractivity contribution >= 4 is 8.41 Å². The maximum absolute atomic E-state index is 4.25. The maximum Gasteiger partial charge on any atom is 1.00 e. The Hall–Kier alpha value is 2.30. The summed E-state index contributed by atoms with van der Waals surface area (Å²) in [7, 11) is 0. The summed E-state index contributed by atoms with van der Waals surface area (Å²) >= 11 is 0. The number of hydrogen-bond donors (Lipinski definition) is 0. The predicted molar refractivity (Wildman–Crippen MR) is 15.7 cm³/mol. The molecule has 0 atom stereocenters. The smallest absolute Gasteiger partial charge is 0.521 e. The molecule has 0 aromatic heterocycles. The van der Waals surface area contributed by atoms with Crippen molar-refractivity contribution in [2.45, 2.75) is 0 Å². The van der Waals surface area contributed by atoms with Crippen molar-refractivity contribution in [1.82, 2.24) is 0 Å². The average molecular weight is 307 g/mol. The molecule has 0 saturated heterocycles. The molecule has 0 aromatic carbocycles. The largest absolute Gasteiger partial charge is 1.00 e. The third kappa shape index (κ3) is 22.0. The van der Waals surface area contributed by atoms with Crippen molar-refractivity contribution in [2.75, 3.05) is 0 Å². The van der Waals surface area contributed by atoms with E-state index in [-0.39, 0.29) is 87.7 Å². The van der Waals surface area contributed by atoms with Crippen molar-refractivity contribution < 1.29 is 79.3 Å². The Kier molecular flexibility index (Phi) is 178. The standard InChI is InChI=1S/C2H3.B.Rb.W/c1-2;;;/h1H,2H2;;;/q-1;;+1;. The normalized spacial score (nSPS) is 0.800. The fourth-order valence-corrected chi connectivity index (χ4v) is 0. The van der Waals surface area contributed by atoms with Crippen LogP contribution in [0, 0.1) is 6.58 Å². The second kappa shape index (κ2) is 33.5. The van der Waals surface area contributed by atoms with Crippen molar-refractivity contribution in [3.8, 4) is 0 Å². The minimum atomic E-state index is 0. The van der Waals surface area contributed by atoms with E-state index in [0.29, 0.717) is 0 Å². The van der Waals surface area contributed by atoms with Crippen molar-refractivity contribution in [1.29, 1.82) is 0 Å². The molecule has 0 N–H and O–H groups in total. The van der Waals surface area contributed by atoms with Crippen LogP contribution in [-0.4, -0.2) is 8.41 Å². The van der Waals surface area contributed by atoms with Gasteiger partial charge in [0.05, 0.1) is 0 Å². The van der Waals surface area contributed by atoms with Gasteiger partial charge in [0.15, 0.2) is 0 Å². The molecule has 3 heteroatoms. The van der Waals surface area contributed by atoms with Gasteiger partial charge in [0.25, 0.3) is 0 Å². The zero-order chi connectivity index (χ0) is 2.00. The molecule has 0 heterocycles. The summed E-state index contributed by atoms with van der Waals surface area (Å²) in [6.07, 6.45) is 0. The van der Waals surface area contributed by atoms with Gasteiger partial charge in [0, 0.05) is 29.5 Å². The summed E-state index contributed by atoms with van der Waals surface area (Å²) in [6, 6.07) is 0. The molecule has 0 aliphatic rings. The molecule has 0 spiro atoms. The minimum Gasteiger partial charge on any atom is -0.521 e. The van der Waals surface area contributed by atoms with Crippen LogP contribution in [0.25, 0.3) is 0 Å². The molecular weight excluding hydrogens is 304 g/mol. The van der Waals surface area contributed by atoms with Crippen LogP contribution >= 0.6 is 0 Å². The van der Waals surface area contributed by atoms with Gasteiger partial charge in [-0.2, -0.15) is 0 Å². The summed E-state index contributed by atoms with van der Waals surface area (Å²) in [5.41, 5.74) is 0. The van der Waals surface area contributed by atoms with E-state index in [1.165, 1.54) is 0 Å². The first-order chi connectivity index (χ1) is 1.00. The van der Waals surface area contributed by atoms with E-state index in [4.69, 9.17) is 0 Å². The number of hydrogen-bond acceptors (Lipinski definition) is 0. The Labute approximate surface area is 98.4 Å². The molecule has 0 amide bonds. The van der Waals surface area contributed by atoms with Crippen molar-refractivity contribution in [3.63, 3.8) is 0 Å². The molecule has 3 radical (unpaired) electrons. The molecule has 0 rings (SSSR count). The molecule has 0 fully saturated rings. The van der Waals surface area contributed by atoms with Crippen LogP contribution in [0.4, 0.5) is 0 Å². The van der Waals surface area contributed by atoms with Crippen LogP contribution in [-0.2, 0) is 21.1 Å². The first kappa shape index (κ1) is 26.6. The first-order valence-corrected chi connectivity index (χ1v) is 0.408. The van der Waals surface area contributed by atoms with E-state index in [9.17, 15) is 0 Å². The topological polar surface area (TPSA) is 0 Å². The predicted octanol–water partition coefficient (Wildman–Crippen LogP) is -2.77. The van der Waals surface area contributed by atoms with E-state index < -0.39 is 0 Å². The fraction of sp³-hybridized carbons (Fsp3) is 0. The van der Waals surface area contributed by atoms with E-state index in [1.54, 1.807) is 0 Å². The summed E-state index contributed by atoms with van der Waals surface area (Å²) in [6.45, 7) is 7.00. The van der Waals surface area contributed by atoms with Crippen LogP contribution in [0.1, 0.15) is 0 Å². The van der Waals surface area contributed by atoms with E-state index >= 15 is 0 Å². The van der Waals surface area contributed by atoms with Crippen LogP contribution < -0.4 is 58.2 Å². The third-order valence-electron chi connectivity index (χ3n) is 0. The third-order valence-corrected chi connectivity index (χ3v) is 0. The molecule has 0 bridgehead atoms. The summed E-state index contributed by atoms with van der Waals surface area (Å²) in [5, 5.41) is 0. The molecular formula is C2H3BRbW. The minimum absolute atomic E-state index is 0. The van der Waals surface area contributed by atoms with Gasteiger partial charge in [-0.3, -0.25) is 6.58 Å². The van der Waals surface area contributed by atoms with Crippen molar-refractivity contribution in [3.05, 3.63) is 13.2 Å². The molecule has 5 heavy (non-hydrogen) atoms. The number of rotatable bonds is 0. The second-order valence-corrected chi connectivity index (χ2v) is 0. The molecule has 0 aliphatic heterocycles. The SMILES string of the molecule is [B].[CH-]=C.[Rb+].[W]. The Morgan fingerprint density at radius 2 is 1.20 bits per heavy atom. The van der Waals surface area contributed by atoms with Crippen LogP contribution in [0.15, 0.2) is 6.58 Å². The van der Waals surface area contributed by atoms with Crippen molar-refractivity contribution in [2.24, 2.45) is 0 Å². The van der Waals surface area contributed by atoms with E-state index in [0.717, 1.165) is 0 Å². The fourth-order valence-electron chi connectivity index (χ4n) is 0. The van der Waals surface area contributed by atoms with Gasteiger partial charge in [-0.1, -0.05) is 0 Å². The molecule has 0 aromatic rings. The second-order valence-electron chi connectivity index (χ2n) is 0. The average Bonchev–Trinajstić information content (AvgIpc) is 1.00. The summed E-state index contributed by atoms with van der Waals surface area (Å²) < 4.78 is 0. The van der Waals surface area contributed by atoms with Crippen LogP contribution in [0.2, 0.25) is 0 Å². The van der Waals surface area contributed by atoms with Gasteiger partial charge in [0.1, 0.15) is 0 Å². The monoisotopic (exact) mass is 307 g/mol. The van der Waals surface area contributed by atoms with Gasteiger partial charge >= 0.3 is 58.2 Å². The molecule has 21 valence electrons. The zero-order valence-corrected chi connectivity index (χ0v) is 11.1. The Balaban J connectivity index is -0.00000000167. The van der Waals surface area contributed by atoms with Gasteiger partial charge in [0.2, 0.25) is 0 Å². The Morgan fingerprint density at radius 3 is 1.20 bits per heavy atom. The molecule has 0 saturated carbocycles. The Bertz CT molecular complexity index is 9.61. The Morgan fingerprint density at radius 1 is 1.20 bits per heavy atom. The van der Waals surface area contributed by atoms with E-state index in [1.807, 2.05) is 0 Å².